The Morgan fingerprint density at radius 3 is 1.88 bits per heavy atom. The Balaban J connectivity index is 2.22. The zero-order valence-electron chi connectivity index (χ0n) is 27.4. The molecule has 0 spiro atoms. The second kappa shape index (κ2) is 11.3. The van der Waals surface area contributed by atoms with Gasteiger partial charge in [-0.25, -0.2) is 4.98 Å². The lowest BCUT2D eigenvalue weighted by atomic mass is 10.1. The highest BCUT2D eigenvalue weighted by Crippen LogP contribution is 2.38. The molecule has 4 atom stereocenters. The first-order valence-corrected chi connectivity index (χ1v) is 31.5. The first kappa shape index (κ1) is 33.6. The number of ether oxygens (including phenoxy) is 1. The molecule has 2 aromatic rings. The molecule has 228 valence electrons. The van der Waals surface area contributed by atoms with E-state index < -0.39 is 47.7 Å². The number of aromatic nitrogens is 4. The van der Waals surface area contributed by atoms with Gasteiger partial charge in [0.15, 0.2) is 56.5 Å². The number of imidazole rings is 1. The third-order valence-electron chi connectivity index (χ3n) is 5.97. The average molecular weight is 644 g/mol. The lowest BCUT2D eigenvalue weighted by molar-refractivity contribution is -0.0456. The van der Waals surface area contributed by atoms with E-state index in [-0.39, 0.29) is 23.9 Å². The number of hydrogen-bond acceptors (Lipinski definition) is 8. The van der Waals surface area contributed by atoms with Gasteiger partial charge in [-0.15, -0.1) is 0 Å². The summed E-state index contributed by atoms with van der Waals surface area (Å²) < 4.78 is 30.5. The maximum absolute atomic E-state index is 13.9. The minimum atomic E-state index is -2.11. The number of anilines is 1. The summed E-state index contributed by atoms with van der Waals surface area (Å²) in [5.41, 5.74) is 0.745. The SMILES string of the molecule is C[Si](C)(C)Nc1nc2c(ncn2C2OC(CO[Si](C)(C)C)C(O[Si](C)(C)C)C2O[Si](C)(C)C)c(=O)n1[Si](C)(C)C. The molecule has 2 aromatic heterocycles. The standard InChI is InChI=1S/C25H53N5O5Si5/c1-36(2,3)28-25-27-22-19(23(31)30(25)37(4,5)6)26-17-29(22)24-21(35-40(13,14)15)20(34-39(10,11)12)18(33-24)16-32-38(7,8)9/h17-18,20-21,24H,16H2,1-15H3,(H,27,28). The first-order chi connectivity index (χ1) is 17.9. The van der Waals surface area contributed by atoms with Crippen molar-refractivity contribution < 1.29 is 18.0 Å². The van der Waals surface area contributed by atoms with Gasteiger partial charge >= 0.3 is 0 Å². The van der Waals surface area contributed by atoms with Crippen molar-refractivity contribution in [2.24, 2.45) is 0 Å². The number of hydrogen-bond donors (Lipinski definition) is 1. The van der Waals surface area contributed by atoms with Crippen molar-refractivity contribution >= 4 is 58.5 Å². The fraction of sp³-hybridized carbons (Fsp3) is 0.800. The molecule has 3 heterocycles. The van der Waals surface area contributed by atoms with Crippen LogP contribution < -0.4 is 10.5 Å². The summed E-state index contributed by atoms with van der Waals surface area (Å²) in [4.78, 5) is 27.2. The van der Waals surface area contributed by atoms with Gasteiger partial charge in [0.25, 0.3) is 5.56 Å². The first-order valence-electron chi connectivity index (χ1n) is 14.3. The fourth-order valence-corrected chi connectivity index (χ4v) is 9.92. The number of rotatable bonds is 11. The summed E-state index contributed by atoms with van der Waals surface area (Å²) >= 11 is 0. The van der Waals surface area contributed by atoms with Crippen LogP contribution >= 0.6 is 0 Å². The summed E-state index contributed by atoms with van der Waals surface area (Å²) in [6, 6.07) is 0. The van der Waals surface area contributed by atoms with E-state index in [0.29, 0.717) is 23.7 Å². The summed E-state index contributed by atoms with van der Waals surface area (Å²) in [6.45, 7) is 33.1. The van der Waals surface area contributed by atoms with Gasteiger partial charge in [-0.1, -0.05) is 39.3 Å². The van der Waals surface area contributed by atoms with Crippen molar-refractivity contribution in [3.8, 4) is 0 Å². The predicted molar refractivity (Wildman–Crippen MR) is 177 cm³/mol. The zero-order valence-corrected chi connectivity index (χ0v) is 32.4. The molecule has 0 amide bonds. The molecule has 1 fully saturated rings. The van der Waals surface area contributed by atoms with E-state index in [1.54, 1.807) is 6.33 Å². The van der Waals surface area contributed by atoms with Gasteiger partial charge in [-0.3, -0.25) is 9.36 Å². The molecule has 0 bridgehead atoms. The van der Waals surface area contributed by atoms with Gasteiger partial charge in [0.05, 0.1) is 12.9 Å². The van der Waals surface area contributed by atoms with Gasteiger partial charge in [-0.05, 0) is 58.9 Å². The Hall–Kier alpha value is -0.926. The lowest BCUT2D eigenvalue weighted by Crippen LogP contribution is -2.48. The molecule has 0 aromatic carbocycles. The van der Waals surface area contributed by atoms with Crippen LogP contribution in [0.15, 0.2) is 11.1 Å². The van der Waals surface area contributed by atoms with Gasteiger partial charge < -0.3 is 27.2 Å². The summed E-state index contributed by atoms with van der Waals surface area (Å²) in [7, 11) is -9.76. The summed E-state index contributed by atoms with van der Waals surface area (Å²) in [5.74, 6) is 0.617. The second-order valence-corrected chi connectivity index (χ2v) is 38.8. The van der Waals surface area contributed by atoms with Gasteiger partial charge in [0.2, 0.25) is 0 Å². The molecule has 1 N–H and O–H groups in total. The molecule has 3 rings (SSSR count). The molecule has 15 heteroatoms. The third kappa shape index (κ3) is 8.56. The summed E-state index contributed by atoms with van der Waals surface area (Å²) in [6.07, 6.45) is 0.122. The minimum absolute atomic E-state index is 0.113. The van der Waals surface area contributed by atoms with Crippen LogP contribution in [0.1, 0.15) is 6.23 Å². The highest BCUT2D eigenvalue weighted by Gasteiger charge is 2.51. The normalized spacial score (nSPS) is 23.3. The van der Waals surface area contributed by atoms with E-state index in [1.165, 1.54) is 0 Å². The second-order valence-electron chi connectivity index (χ2n) is 15.8. The maximum atomic E-state index is 13.9. The Bertz CT molecular complexity index is 1250. The molecule has 1 aliphatic rings. The van der Waals surface area contributed by atoms with Crippen molar-refractivity contribution in [3.05, 3.63) is 16.7 Å². The maximum Gasteiger partial charge on any atom is 0.275 e. The molecule has 1 saturated heterocycles. The minimum Gasteiger partial charge on any atom is -0.415 e. The Morgan fingerprint density at radius 1 is 0.850 bits per heavy atom. The molecule has 4 unspecified atom stereocenters. The van der Waals surface area contributed by atoms with E-state index in [2.05, 4.69) is 108 Å². The Kier molecular flexibility index (Phi) is 9.48. The van der Waals surface area contributed by atoms with Crippen LogP contribution in [0.2, 0.25) is 98.2 Å². The molecule has 40 heavy (non-hydrogen) atoms. The van der Waals surface area contributed by atoms with E-state index in [9.17, 15) is 4.79 Å². The van der Waals surface area contributed by atoms with Crippen LogP contribution in [0.3, 0.4) is 0 Å². The van der Waals surface area contributed by atoms with Crippen molar-refractivity contribution in [2.45, 2.75) is 123 Å². The number of fused-ring (bicyclic) bond motifs is 1. The smallest absolute Gasteiger partial charge is 0.275 e. The molecular weight excluding hydrogens is 591 g/mol. The van der Waals surface area contributed by atoms with Gasteiger partial charge in [0, 0.05) is 0 Å². The quantitative estimate of drug-likeness (QED) is 0.311. The zero-order chi connectivity index (χ0) is 30.6. The van der Waals surface area contributed by atoms with Crippen LogP contribution in [0.4, 0.5) is 5.95 Å². The van der Waals surface area contributed by atoms with Crippen molar-refractivity contribution in [2.75, 3.05) is 11.6 Å². The largest absolute Gasteiger partial charge is 0.415 e. The van der Waals surface area contributed by atoms with E-state index in [0.717, 1.165) is 0 Å². The van der Waals surface area contributed by atoms with Crippen LogP contribution in [0, 0.1) is 0 Å². The Labute approximate surface area is 245 Å². The molecule has 0 radical (unpaired) electrons. The van der Waals surface area contributed by atoms with Crippen molar-refractivity contribution in [3.63, 3.8) is 0 Å². The Morgan fingerprint density at radius 2 is 1.40 bits per heavy atom. The van der Waals surface area contributed by atoms with Crippen molar-refractivity contribution in [1.29, 1.82) is 0 Å². The lowest BCUT2D eigenvalue weighted by Gasteiger charge is -2.34. The van der Waals surface area contributed by atoms with E-state index in [4.69, 9.17) is 23.0 Å². The van der Waals surface area contributed by atoms with Gasteiger partial charge in [-0.2, -0.15) is 4.98 Å². The van der Waals surface area contributed by atoms with Gasteiger partial charge in [0.1, 0.15) is 26.5 Å². The molecule has 10 nitrogen and oxygen atoms in total. The third-order valence-corrected chi connectivity index (χ3v) is 11.7. The predicted octanol–water partition coefficient (Wildman–Crippen LogP) is 5.71. The fourth-order valence-electron chi connectivity index (χ4n) is 4.68. The summed E-state index contributed by atoms with van der Waals surface area (Å²) in [5, 5.41) is 0. The van der Waals surface area contributed by atoms with Crippen LogP contribution in [-0.2, 0) is 18.0 Å². The highest BCUT2D eigenvalue weighted by atomic mass is 28.4. The molecule has 0 saturated carbocycles. The van der Waals surface area contributed by atoms with Crippen LogP contribution in [0.25, 0.3) is 11.2 Å². The van der Waals surface area contributed by atoms with Crippen molar-refractivity contribution in [1.82, 2.24) is 18.8 Å². The van der Waals surface area contributed by atoms with E-state index in [1.807, 2.05) is 8.80 Å². The highest BCUT2D eigenvalue weighted by molar-refractivity contribution is 6.80. The number of nitrogens with zero attached hydrogens (tertiary/aromatic N) is 4. The molecular formula is C25H53N5O5Si5. The topological polar surface area (TPSA) is 102 Å². The average Bonchev–Trinajstić information content (AvgIpc) is 3.23. The van der Waals surface area contributed by atoms with Crippen LogP contribution in [0.5, 0.6) is 0 Å². The molecule has 0 aliphatic carbocycles. The number of nitrogens with one attached hydrogen (secondary N) is 1. The van der Waals surface area contributed by atoms with E-state index >= 15 is 0 Å². The molecule has 1 aliphatic heterocycles. The van der Waals surface area contributed by atoms with Crippen LogP contribution in [-0.4, -0.2) is 85.1 Å². The monoisotopic (exact) mass is 643 g/mol.